The Balaban J connectivity index is 5.25. The van der Waals surface area contributed by atoms with Crippen LogP contribution in [0.2, 0.25) is 0 Å². The fourth-order valence-electron chi connectivity index (χ4n) is 1.96. The first-order valence-electron chi connectivity index (χ1n) is 6.50. The highest BCUT2D eigenvalue weighted by atomic mass is 14.7. The minimum Gasteiger partial charge on any atom is -0.325 e. The first-order chi connectivity index (χ1) is 7.01. The molecular formula is C15H31N. The monoisotopic (exact) mass is 225 g/mol. The Morgan fingerprint density at radius 2 is 1.56 bits per heavy atom. The lowest BCUT2D eigenvalue weighted by Gasteiger charge is -2.32. The molecule has 0 aliphatic heterocycles. The predicted octanol–water partition coefficient (Wildman–Crippen LogP) is 4.52. The van der Waals surface area contributed by atoms with Gasteiger partial charge < -0.3 is 5.73 Å². The highest BCUT2D eigenvalue weighted by Gasteiger charge is 2.24. The van der Waals surface area contributed by atoms with Crippen LogP contribution in [-0.4, -0.2) is 5.54 Å². The van der Waals surface area contributed by atoms with E-state index in [1.165, 1.54) is 12.0 Å². The van der Waals surface area contributed by atoms with Gasteiger partial charge in [-0.05, 0) is 44.9 Å². The third-order valence-electron chi connectivity index (χ3n) is 3.72. The molecule has 16 heavy (non-hydrogen) atoms. The van der Waals surface area contributed by atoms with Crippen molar-refractivity contribution in [2.24, 2.45) is 17.1 Å². The van der Waals surface area contributed by atoms with Gasteiger partial charge in [-0.15, -0.1) is 0 Å². The summed E-state index contributed by atoms with van der Waals surface area (Å²) in [6.45, 7) is 18.0. The molecule has 1 nitrogen and oxygen atoms in total. The van der Waals surface area contributed by atoms with Crippen LogP contribution in [0.1, 0.15) is 68.2 Å². The van der Waals surface area contributed by atoms with Gasteiger partial charge in [-0.25, -0.2) is 0 Å². The Labute approximate surface area is 102 Å². The molecule has 0 bridgehead atoms. The number of nitrogens with two attached hydrogens (primary N) is 1. The van der Waals surface area contributed by atoms with Gasteiger partial charge in [0.1, 0.15) is 0 Å². The fourth-order valence-corrected chi connectivity index (χ4v) is 1.96. The van der Waals surface area contributed by atoms with Crippen LogP contribution in [-0.2, 0) is 0 Å². The van der Waals surface area contributed by atoms with E-state index in [4.69, 9.17) is 5.73 Å². The molecule has 0 aromatic rings. The van der Waals surface area contributed by atoms with Crippen LogP contribution >= 0.6 is 0 Å². The second-order valence-corrected chi connectivity index (χ2v) is 6.71. The summed E-state index contributed by atoms with van der Waals surface area (Å²) in [5.74, 6) is 0.591. The van der Waals surface area contributed by atoms with Crippen LogP contribution in [0.15, 0.2) is 11.1 Å². The molecule has 0 fully saturated rings. The number of hydrogen-bond donors (Lipinski definition) is 1. The van der Waals surface area contributed by atoms with E-state index in [1.54, 1.807) is 5.57 Å². The average Bonchev–Trinajstić information content (AvgIpc) is 2.11. The molecule has 0 aromatic carbocycles. The summed E-state index contributed by atoms with van der Waals surface area (Å²) in [5, 5.41) is 0. The zero-order valence-corrected chi connectivity index (χ0v) is 12.6. The third kappa shape index (κ3) is 4.69. The second-order valence-electron chi connectivity index (χ2n) is 6.71. The molecule has 2 N–H and O–H groups in total. The molecule has 0 amide bonds. The van der Waals surface area contributed by atoms with Gasteiger partial charge in [0.05, 0.1) is 0 Å². The highest BCUT2D eigenvalue weighted by molar-refractivity contribution is 5.22. The molecule has 0 saturated carbocycles. The zero-order chi connectivity index (χ0) is 13.1. The van der Waals surface area contributed by atoms with Crippen molar-refractivity contribution in [3.63, 3.8) is 0 Å². The van der Waals surface area contributed by atoms with Crippen LogP contribution in [0.3, 0.4) is 0 Å². The quantitative estimate of drug-likeness (QED) is 0.684. The van der Waals surface area contributed by atoms with Crippen molar-refractivity contribution in [1.82, 2.24) is 0 Å². The molecule has 0 aromatic heterocycles. The lowest BCUT2D eigenvalue weighted by molar-refractivity contribution is 0.405. The minimum atomic E-state index is -0.106. The smallest absolute Gasteiger partial charge is 0.0134 e. The summed E-state index contributed by atoms with van der Waals surface area (Å²) in [5.41, 5.74) is 9.42. The van der Waals surface area contributed by atoms with Gasteiger partial charge in [-0.1, -0.05) is 45.8 Å². The van der Waals surface area contributed by atoms with Gasteiger partial charge in [0.2, 0.25) is 0 Å². The summed E-state index contributed by atoms with van der Waals surface area (Å²) >= 11 is 0. The van der Waals surface area contributed by atoms with E-state index in [9.17, 15) is 0 Å². The van der Waals surface area contributed by atoms with Crippen molar-refractivity contribution in [3.8, 4) is 0 Å². The highest BCUT2D eigenvalue weighted by Crippen LogP contribution is 2.36. The Morgan fingerprint density at radius 1 is 1.12 bits per heavy atom. The molecule has 1 heteroatoms. The van der Waals surface area contributed by atoms with Gasteiger partial charge in [-0.2, -0.15) is 0 Å². The van der Waals surface area contributed by atoms with E-state index in [-0.39, 0.29) is 5.54 Å². The van der Waals surface area contributed by atoms with Crippen molar-refractivity contribution in [2.75, 3.05) is 0 Å². The van der Waals surface area contributed by atoms with Crippen molar-refractivity contribution in [2.45, 2.75) is 73.8 Å². The SMILES string of the molecule is CCC(C)(C)/C(C)=C(\CC(C)(C)N)C(C)C. The predicted molar refractivity (Wildman–Crippen MR) is 74.5 cm³/mol. The summed E-state index contributed by atoms with van der Waals surface area (Å²) in [6, 6.07) is 0. The minimum absolute atomic E-state index is 0.106. The van der Waals surface area contributed by atoms with Gasteiger partial charge >= 0.3 is 0 Å². The van der Waals surface area contributed by atoms with Crippen molar-refractivity contribution >= 4 is 0 Å². The Bertz CT molecular complexity index is 251. The number of hydrogen-bond acceptors (Lipinski definition) is 1. The standard InChI is InChI=1S/C15H31N/c1-9-14(5,6)12(4)13(11(2)3)10-15(7,8)16/h11H,9-10,16H2,1-8H3/b13-12+. The Hall–Kier alpha value is -0.300. The number of allylic oxidation sites excluding steroid dienone is 1. The topological polar surface area (TPSA) is 26.0 Å². The molecule has 0 saturated heterocycles. The van der Waals surface area contributed by atoms with Crippen molar-refractivity contribution in [3.05, 3.63) is 11.1 Å². The first kappa shape index (κ1) is 15.7. The van der Waals surface area contributed by atoms with Gasteiger partial charge in [-0.3, -0.25) is 0 Å². The second kappa shape index (κ2) is 5.35. The largest absolute Gasteiger partial charge is 0.325 e. The molecule has 0 unspecified atom stereocenters. The molecule has 96 valence electrons. The van der Waals surface area contributed by atoms with Crippen molar-refractivity contribution < 1.29 is 0 Å². The fraction of sp³-hybridized carbons (Fsp3) is 0.867. The van der Waals surface area contributed by atoms with Crippen LogP contribution in [0.5, 0.6) is 0 Å². The maximum Gasteiger partial charge on any atom is 0.0134 e. The van der Waals surface area contributed by atoms with E-state index in [0.717, 1.165) is 6.42 Å². The van der Waals surface area contributed by atoms with Gasteiger partial charge in [0, 0.05) is 5.54 Å². The third-order valence-corrected chi connectivity index (χ3v) is 3.72. The maximum absolute atomic E-state index is 6.16. The Morgan fingerprint density at radius 3 is 1.81 bits per heavy atom. The molecule has 0 aliphatic carbocycles. The lowest BCUT2D eigenvalue weighted by Crippen LogP contribution is -2.34. The van der Waals surface area contributed by atoms with E-state index in [1.807, 2.05) is 0 Å². The van der Waals surface area contributed by atoms with Crippen LogP contribution in [0.25, 0.3) is 0 Å². The Kier molecular flexibility index (Phi) is 5.25. The first-order valence-corrected chi connectivity index (χ1v) is 6.50. The van der Waals surface area contributed by atoms with Crippen LogP contribution in [0, 0.1) is 11.3 Å². The lowest BCUT2D eigenvalue weighted by atomic mass is 9.75. The van der Waals surface area contributed by atoms with Crippen LogP contribution < -0.4 is 5.73 Å². The zero-order valence-electron chi connectivity index (χ0n) is 12.6. The molecule has 0 spiro atoms. The summed E-state index contributed by atoms with van der Waals surface area (Å²) in [7, 11) is 0. The maximum atomic E-state index is 6.16. The molecule has 0 radical (unpaired) electrons. The summed E-state index contributed by atoms with van der Waals surface area (Å²) in [6.07, 6.45) is 2.18. The van der Waals surface area contributed by atoms with Gasteiger partial charge in [0.15, 0.2) is 0 Å². The van der Waals surface area contributed by atoms with E-state index < -0.39 is 0 Å². The van der Waals surface area contributed by atoms with Crippen molar-refractivity contribution in [1.29, 1.82) is 0 Å². The molecule has 0 rings (SSSR count). The molecule has 0 heterocycles. The molecular weight excluding hydrogens is 194 g/mol. The summed E-state index contributed by atoms with van der Waals surface area (Å²) in [4.78, 5) is 0. The normalized spacial score (nSPS) is 15.4. The molecule has 0 aliphatic rings. The van der Waals surface area contributed by atoms with E-state index in [2.05, 4.69) is 55.4 Å². The van der Waals surface area contributed by atoms with E-state index in [0.29, 0.717) is 11.3 Å². The van der Waals surface area contributed by atoms with E-state index >= 15 is 0 Å². The van der Waals surface area contributed by atoms with Crippen LogP contribution in [0.4, 0.5) is 0 Å². The molecule has 0 atom stereocenters. The summed E-state index contributed by atoms with van der Waals surface area (Å²) < 4.78 is 0. The average molecular weight is 225 g/mol. The van der Waals surface area contributed by atoms with Gasteiger partial charge in [0.25, 0.3) is 0 Å². The number of rotatable bonds is 5.